The summed E-state index contributed by atoms with van der Waals surface area (Å²) in [6, 6.07) is 6.80. The number of methoxy groups -OCH3 is 1. The van der Waals surface area contributed by atoms with Crippen molar-refractivity contribution in [1.82, 2.24) is 0 Å². The molecule has 0 fully saturated rings. The Morgan fingerprint density at radius 2 is 2.04 bits per heavy atom. The summed E-state index contributed by atoms with van der Waals surface area (Å²) >= 11 is 6.78. The predicted octanol–water partition coefficient (Wildman–Crippen LogP) is 3.50. The fraction of sp³-hybridized carbons (Fsp3) is 0.200. The first-order chi connectivity index (χ1) is 11.8. The van der Waals surface area contributed by atoms with Crippen LogP contribution in [0.4, 0.5) is 11.4 Å². The van der Waals surface area contributed by atoms with E-state index in [-0.39, 0.29) is 22.0 Å². The number of nitrogens with zero attached hydrogens (tertiary/aromatic N) is 1. The number of hydrogen-bond donors (Lipinski definition) is 1. The molecule has 1 N–H and O–H groups in total. The van der Waals surface area contributed by atoms with Crippen molar-refractivity contribution in [2.45, 2.75) is 13.0 Å². The zero-order valence-electron chi connectivity index (χ0n) is 13.1. The molecule has 0 radical (unpaired) electrons. The van der Waals surface area contributed by atoms with Crippen molar-refractivity contribution in [1.29, 1.82) is 0 Å². The van der Waals surface area contributed by atoms with Gasteiger partial charge in [0.05, 0.1) is 22.1 Å². The zero-order valence-corrected chi connectivity index (χ0v) is 14.7. The predicted molar refractivity (Wildman–Crippen MR) is 92.5 cm³/mol. The fourth-order valence-electron chi connectivity index (χ4n) is 1.84. The van der Waals surface area contributed by atoms with E-state index in [9.17, 15) is 19.7 Å². The van der Waals surface area contributed by atoms with Gasteiger partial charge in [0, 0.05) is 12.1 Å². The average Bonchev–Trinajstić information content (AvgIpc) is 3.01. The van der Waals surface area contributed by atoms with Crippen LogP contribution in [-0.2, 0) is 9.53 Å². The first kappa shape index (κ1) is 18.7. The van der Waals surface area contributed by atoms with Gasteiger partial charge in [-0.1, -0.05) is 11.6 Å². The number of rotatable bonds is 6. The lowest BCUT2D eigenvalue weighted by Gasteiger charge is -2.14. The van der Waals surface area contributed by atoms with Gasteiger partial charge in [0.2, 0.25) is 0 Å². The molecule has 1 amide bonds. The van der Waals surface area contributed by atoms with Gasteiger partial charge in [-0.15, -0.1) is 11.3 Å². The third-order valence-corrected chi connectivity index (χ3v) is 4.29. The highest BCUT2D eigenvalue weighted by molar-refractivity contribution is 7.17. The van der Waals surface area contributed by atoms with Crippen LogP contribution in [0.3, 0.4) is 0 Å². The minimum atomic E-state index is -1.13. The van der Waals surface area contributed by atoms with E-state index in [0.29, 0.717) is 4.34 Å². The van der Waals surface area contributed by atoms with Crippen molar-refractivity contribution >= 4 is 46.2 Å². The molecule has 1 heterocycles. The fourth-order valence-corrected chi connectivity index (χ4v) is 2.76. The van der Waals surface area contributed by atoms with Crippen LogP contribution in [0.25, 0.3) is 0 Å². The molecular formula is C15H13ClN2O6S. The second-order valence-electron chi connectivity index (χ2n) is 4.78. The van der Waals surface area contributed by atoms with Crippen molar-refractivity contribution < 1.29 is 24.0 Å². The summed E-state index contributed by atoms with van der Waals surface area (Å²) in [5.74, 6) is -1.11. The highest BCUT2D eigenvalue weighted by Gasteiger charge is 2.22. The highest BCUT2D eigenvalue weighted by atomic mass is 35.5. The summed E-state index contributed by atoms with van der Waals surface area (Å²) < 4.78 is 10.5. The lowest BCUT2D eigenvalue weighted by Crippen LogP contribution is -2.30. The highest BCUT2D eigenvalue weighted by Crippen LogP contribution is 2.29. The average molecular weight is 385 g/mol. The number of hydrogen-bond acceptors (Lipinski definition) is 7. The molecule has 0 aliphatic carbocycles. The molecule has 0 saturated carbocycles. The maximum absolute atomic E-state index is 12.2. The first-order valence-electron chi connectivity index (χ1n) is 6.91. The molecule has 1 atom stereocenters. The Labute approximate surface area is 151 Å². The molecule has 1 aromatic heterocycles. The maximum atomic E-state index is 12.2. The van der Waals surface area contributed by atoms with E-state index in [0.717, 1.165) is 17.4 Å². The first-order valence-corrected chi connectivity index (χ1v) is 8.11. The van der Waals surface area contributed by atoms with Gasteiger partial charge in [-0.05, 0) is 25.1 Å². The van der Waals surface area contributed by atoms with Crippen molar-refractivity contribution in [3.8, 4) is 5.75 Å². The summed E-state index contributed by atoms with van der Waals surface area (Å²) in [5.41, 5.74) is -0.113. The molecule has 2 aromatic rings. The van der Waals surface area contributed by atoms with E-state index < -0.39 is 22.9 Å². The minimum absolute atomic E-state index is 0.101. The van der Waals surface area contributed by atoms with Crippen LogP contribution in [-0.4, -0.2) is 30.0 Å². The Bertz CT molecular complexity index is 822. The Morgan fingerprint density at radius 1 is 1.32 bits per heavy atom. The van der Waals surface area contributed by atoms with Crippen LogP contribution in [0.1, 0.15) is 16.6 Å². The molecule has 2 rings (SSSR count). The number of carbonyl (C=O) groups excluding carboxylic acids is 2. The van der Waals surface area contributed by atoms with Crippen LogP contribution in [0.2, 0.25) is 4.34 Å². The Kier molecular flexibility index (Phi) is 5.94. The van der Waals surface area contributed by atoms with Crippen LogP contribution in [0, 0.1) is 10.1 Å². The lowest BCUT2D eigenvalue weighted by atomic mass is 10.2. The third kappa shape index (κ3) is 4.68. The van der Waals surface area contributed by atoms with Crippen molar-refractivity contribution in [3.05, 3.63) is 49.7 Å². The van der Waals surface area contributed by atoms with Gasteiger partial charge in [0.15, 0.2) is 6.10 Å². The molecule has 0 saturated heterocycles. The van der Waals surface area contributed by atoms with Crippen molar-refractivity contribution in [3.63, 3.8) is 0 Å². The number of amides is 1. The number of ether oxygens (including phenoxy) is 2. The van der Waals surface area contributed by atoms with E-state index in [2.05, 4.69) is 5.32 Å². The summed E-state index contributed by atoms with van der Waals surface area (Å²) in [4.78, 5) is 34.6. The van der Waals surface area contributed by atoms with Gasteiger partial charge in [0.25, 0.3) is 11.6 Å². The second-order valence-corrected chi connectivity index (χ2v) is 6.50. The Morgan fingerprint density at radius 3 is 2.60 bits per heavy atom. The zero-order chi connectivity index (χ0) is 18.6. The SMILES string of the molecule is COc1ccc([N+](=O)[O-])cc1NC(=O)[C@@H](C)OC(=O)c1ccc(Cl)s1. The normalized spacial score (nSPS) is 11.5. The molecule has 1 aromatic carbocycles. The molecule has 0 unspecified atom stereocenters. The minimum Gasteiger partial charge on any atom is -0.495 e. The largest absolute Gasteiger partial charge is 0.495 e. The standard InChI is InChI=1S/C15H13ClN2O6S/c1-8(24-15(20)12-5-6-13(16)25-12)14(19)17-10-7-9(18(21)22)3-4-11(10)23-2/h3-8H,1-2H3,(H,17,19)/t8-/m1/s1. The van der Waals surface area contributed by atoms with Crippen LogP contribution in [0.15, 0.2) is 30.3 Å². The number of thiophene rings is 1. The summed E-state index contributed by atoms with van der Waals surface area (Å²) in [6.07, 6.45) is -1.13. The molecule has 0 aliphatic rings. The summed E-state index contributed by atoms with van der Waals surface area (Å²) in [7, 11) is 1.36. The number of anilines is 1. The number of nitro groups is 1. The number of nitrogens with one attached hydrogen (secondary N) is 1. The number of carbonyl (C=O) groups is 2. The molecule has 0 aliphatic heterocycles. The van der Waals surface area contributed by atoms with Crippen molar-refractivity contribution in [2.75, 3.05) is 12.4 Å². The molecule has 25 heavy (non-hydrogen) atoms. The Balaban J connectivity index is 2.09. The van der Waals surface area contributed by atoms with Gasteiger partial charge in [0.1, 0.15) is 10.6 Å². The lowest BCUT2D eigenvalue weighted by molar-refractivity contribution is -0.384. The van der Waals surface area contributed by atoms with Crippen LogP contribution >= 0.6 is 22.9 Å². The van der Waals surface area contributed by atoms with Crippen LogP contribution in [0.5, 0.6) is 5.75 Å². The van der Waals surface area contributed by atoms with E-state index in [4.69, 9.17) is 21.1 Å². The van der Waals surface area contributed by atoms with E-state index in [1.165, 1.54) is 32.2 Å². The van der Waals surface area contributed by atoms with E-state index in [1.807, 2.05) is 0 Å². The topological polar surface area (TPSA) is 108 Å². The number of benzene rings is 1. The molecule has 10 heteroatoms. The van der Waals surface area contributed by atoms with Gasteiger partial charge in [-0.25, -0.2) is 4.79 Å². The number of halogens is 1. The quantitative estimate of drug-likeness (QED) is 0.464. The number of nitro benzene ring substituents is 1. The monoisotopic (exact) mass is 384 g/mol. The molecular weight excluding hydrogens is 372 g/mol. The maximum Gasteiger partial charge on any atom is 0.349 e. The summed E-state index contributed by atoms with van der Waals surface area (Å²) in [6.45, 7) is 1.38. The van der Waals surface area contributed by atoms with Crippen LogP contribution < -0.4 is 10.1 Å². The van der Waals surface area contributed by atoms with Crippen molar-refractivity contribution in [2.24, 2.45) is 0 Å². The van der Waals surface area contributed by atoms with Gasteiger partial charge in [-0.2, -0.15) is 0 Å². The molecule has 0 spiro atoms. The smallest absolute Gasteiger partial charge is 0.349 e. The van der Waals surface area contributed by atoms with Gasteiger partial charge >= 0.3 is 5.97 Å². The Hall–Kier alpha value is -2.65. The second kappa shape index (κ2) is 7.95. The number of esters is 1. The molecule has 0 bridgehead atoms. The number of non-ortho nitro benzene ring substituents is 1. The van der Waals surface area contributed by atoms with Gasteiger partial charge in [-0.3, -0.25) is 14.9 Å². The van der Waals surface area contributed by atoms with E-state index in [1.54, 1.807) is 6.07 Å². The summed E-state index contributed by atoms with van der Waals surface area (Å²) in [5, 5.41) is 13.3. The molecule has 132 valence electrons. The molecule has 8 nitrogen and oxygen atoms in total. The van der Waals surface area contributed by atoms with E-state index >= 15 is 0 Å². The van der Waals surface area contributed by atoms with Gasteiger partial charge < -0.3 is 14.8 Å². The third-order valence-electron chi connectivity index (χ3n) is 3.08.